The van der Waals surface area contributed by atoms with Crippen LogP contribution in [0.3, 0.4) is 0 Å². The highest BCUT2D eigenvalue weighted by molar-refractivity contribution is 9.10. The monoisotopic (exact) mass is 409 g/mol. The molecule has 1 unspecified atom stereocenters. The lowest BCUT2D eigenvalue weighted by Crippen LogP contribution is -2.40. The average molecular weight is 410 g/mol. The first-order valence-electron chi connectivity index (χ1n) is 6.66. The van der Waals surface area contributed by atoms with Gasteiger partial charge in [-0.05, 0) is 53.2 Å². The first-order valence-corrected chi connectivity index (χ1v) is 8.93. The van der Waals surface area contributed by atoms with Gasteiger partial charge >= 0.3 is 0 Å². The molecule has 9 heteroatoms. The smallest absolute Gasteiger partial charge is 0.274 e. The summed E-state index contributed by atoms with van der Waals surface area (Å²) < 4.78 is 32.1. The third-order valence-electron chi connectivity index (χ3n) is 2.89. The predicted molar refractivity (Wildman–Crippen MR) is 88.5 cm³/mol. The van der Waals surface area contributed by atoms with Gasteiger partial charge in [-0.25, -0.2) is 13.1 Å². The van der Waals surface area contributed by atoms with Gasteiger partial charge in [-0.1, -0.05) is 0 Å². The summed E-state index contributed by atoms with van der Waals surface area (Å²) in [5.41, 5.74) is 0.448. The largest absolute Gasteiger partial charge is 0.481 e. The summed E-state index contributed by atoms with van der Waals surface area (Å²) in [6.07, 6.45) is 1.51. The molecule has 1 aromatic carbocycles. The summed E-state index contributed by atoms with van der Waals surface area (Å²) in [5, 5.41) is 8.72. The molecule has 1 aromatic heterocycles. The number of rotatable bonds is 5. The molecule has 7 nitrogen and oxygen atoms in total. The van der Waals surface area contributed by atoms with E-state index in [1.807, 2.05) is 10.8 Å². The number of amides is 1. The van der Waals surface area contributed by atoms with Crippen LogP contribution in [0.15, 0.2) is 52.1 Å². The Hall–Kier alpha value is -2.44. The van der Waals surface area contributed by atoms with Gasteiger partial charge in [0.05, 0.1) is 11.6 Å². The molecule has 1 heterocycles. The highest BCUT2D eigenvalue weighted by atomic mass is 79.9. The van der Waals surface area contributed by atoms with Crippen molar-refractivity contribution in [3.63, 3.8) is 0 Å². The second-order valence-corrected chi connectivity index (χ2v) is 7.30. The fourth-order valence-electron chi connectivity index (χ4n) is 1.68. The Labute approximate surface area is 147 Å². The van der Waals surface area contributed by atoms with Crippen LogP contribution in [0.2, 0.25) is 0 Å². The molecule has 0 aliphatic rings. The topological polar surface area (TPSA) is 109 Å². The molecule has 24 heavy (non-hydrogen) atoms. The normalized spacial score (nSPS) is 12.0. The van der Waals surface area contributed by atoms with Crippen molar-refractivity contribution in [3.05, 3.63) is 52.8 Å². The van der Waals surface area contributed by atoms with E-state index in [9.17, 15) is 13.2 Å². The van der Waals surface area contributed by atoms with E-state index < -0.39 is 22.0 Å². The third-order valence-corrected chi connectivity index (χ3v) is 4.64. The molecule has 1 N–H and O–H groups in total. The molecule has 0 fully saturated rings. The van der Waals surface area contributed by atoms with Gasteiger partial charge in [0.15, 0.2) is 6.10 Å². The highest BCUT2D eigenvalue weighted by Crippen LogP contribution is 2.16. The van der Waals surface area contributed by atoms with Crippen LogP contribution in [0, 0.1) is 11.3 Å². The molecule has 2 aromatic rings. The third kappa shape index (κ3) is 4.53. The number of hydrogen-bond acceptors (Lipinski definition) is 6. The van der Waals surface area contributed by atoms with Crippen molar-refractivity contribution in [1.82, 2.24) is 9.71 Å². The second kappa shape index (κ2) is 7.42. The van der Waals surface area contributed by atoms with Crippen LogP contribution in [0.4, 0.5) is 0 Å². The number of nitrogens with one attached hydrogen (secondary N) is 1. The number of benzene rings is 1. The molecular weight excluding hydrogens is 398 g/mol. The Morgan fingerprint density at radius 2 is 2.00 bits per heavy atom. The van der Waals surface area contributed by atoms with Crippen LogP contribution >= 0.6 is 15.9 Å². The van der Waals surface area contributed by atoms with E-state index in [-0.39, 0.29) is 4.90 Å². The van der Waals surface area contributed by atoms with Crippen LogP contribution in [-0.2, 0) is 14.8 Å². The quantitative estimate of drug-likeness (QED) is 0.808. The molecule has 1 amide bonds. The van der Waals surface area contributed by atoms with E-state index in [1.165, 1.54) is 43.5 Å². The van der Waals surface area contributed by atoms with Crippen molar-refractivity contribution < 1.29 is 17.9 Å². The van der Waals surface area contributed by atoms with Crippen molar-refractivity contribution >= 4 is 31.9 Å². The van der Waals surface area contributed by atoms with Crippen LogP contribution in [0.1, 0.15) is 12.5 Å². The first-order chi connectivity index (χ1) is 11.3. The molecule has 0 bridgehead atoms. The van der Waals surface area contributed by atoms with Crippen molar-refractivity contribution in [1.29, 1.82) is 5.26 Å². The minimum Gasteiger partial charge on any atom is -0.481 e. The van der Waals surface area contributed by atoms with E-state index in [0.29, 0.717) is 15.8 Å². The number of aromatic nitrogens is 1. The highest BCUT2D eigenvalue weighted by Gasteiger charge is 2.23. The van der Waals surface area contributed by atoms with Crippen molar-refractivity contribution in [3.8, 4) is 11.8 Å². The number of halogens is 1. The number of hydrogen-bond donors (Lipinski definition) is 1. The molecule has 2 rings (SSSR count). The summed E-state index contributed by atoms with van der Waals surface area (Å²) in [7, 11) is -4.05. The molecule has 0 saturated heterocycles. The Morgan fingerprint density at radius 3 is 2.58 bits per heavy atom. The lowest BCUT2D eigenvalue weighted by molar-refractivity contribution is -0.125. The van der Waals surface area contributed by atoms with Gasteiger partial charge in [-0.3, -0.25) is 9.78 Å². The Balaban J connectivity index is 2.06. The number of sulfonamides is 1. The van der Waals surface area contributed by atoms with Gasteiger partial charge in [0, 0.05) is 16.9 Å². The fourth-order valence-corrected chi connectivity index (χ4v) is 3.23. The number of carbonyl (C=O) groups excluding carboxylic acids is 1. The van der Waals surface area contributed by atoms with Gasteiger partial charge in [0.25, 0.3) is 15.9 Å². The SMILES string of the molecule is CC(Oc1ccc(C#N)cc1)C(=O)NS(=O)(=O)c1cncc(Br)c1. The van der Waals surface area contributed by atoms with Crippen molar-refractivity contribution in [2.75, 3.05) is 0 Å². The maximum Gasteiger partial charge on any atom is 0.274 e. The van der Waals surface area contributed by atoms with Gasteiger partial charge in [-0.15, -0.1) is 0 Å². The number of ether oxygens (including phenoxy) is 1. The molecule has 0 radical (unpaired) electrons. The van der Waals surface area contributed by atoms with Crippen LogP contribution in [-0.4, -0.2) is 25.4 Å². The van der Waals surface area contributed by atoms with Gasteiger partial charge in [0.1, 0.15) is 10.6 Å². The van der Waals surface area contributed by atoms with Crippen LogP contribution in [0.5, 0.6) is 5.75 Å². The molecular formula is C15H12BrN3O4S. The molecule has 0 saturated carbocycles. The van der Waals surface area contributed by atoms with Crippen LogP contribution in [0.25, 0.3) is 0 Å². The Bertz CT molecular complexity index is 892. The van der Waals surface area contributed by atoms with Crippen LogP contribution < -0.4 is 9.46 Å². The number of nitrogens with zero attached hydrogens (tertiary/aromatic N) is 2. The lowest BCUT2D eigenvalue weighted by atomic mass is 10.2. The second-order valence-electron chi connectivity index (χ2n) is 4.70. The average Bonchev–Trinajstić information content (AvgIpc) is 2.55. The molecule has 0 aliphatic carbocycles. The lowest BCUT2D eigenvalue weighted by Gasteiger charge is -2.15. The van der Waals surface area contributed by atoms with Crippen molar-refractivity contribution in [2.24, 2.45) is 0 Å². The Kier molecular flexibility index (Phi) is 5.54. The predicted octanol–water partition coefficient (Wildman–Crippen LogP) is 1.99. The summed E-state index contributed by atoms with van der Waals surface area (Å²) >= 11 is 3.12. The number of carbonyl (C=O) groups is 1. The molecule has 1 atom stereocenters. The first kappa shape index (κ1) is 17.9. The molecule has 0 aliphatic heterocycles. The summed E-state index contributed by atoms with van der Waals surface area (Å²) in [5.74, 6) is -0.475. The maximum absolute atomic E-state index is 12.2. The fraction of sp³-hybridized carbons (Fsp3) is 0.133. The van der Waals surface area contributed by atoms with E-state index in [0.717, 1.165) is 6.20 Å². The zero-order valence-electron chi connectivity index (χ0n) is 12.4. The van der Waals surface area contributed by atoms with Gasteiger partial charge in [-0.2, -0.15) is 5.26 Å². The van der Waals surface area contributed by atoms with Gasteiger partial charge < -0.3 is 4.74 Å². The molecule has 124 valence electrons. The maximum atomic E-state index is 12.2. The zero-order chi connectivity index (χ0) is 17.7. The minimum atomic E-state index is -4.05. The van der Waals surface area contributed by atoms with E-state index >= 15 is 0 Å². The van der Waals surface area contributed by atoms with E-state index in [2.05, 4.69) is 20.9 Å². The van der Waals surface area contributed by atoms with Gasteiger partial charge in [0.2, 0.25) is 0 Å². The molecule has 0 spiro atoms. The summed E-state index contributed by atoms with van der Waals surface area (Å²) in [4.78, 5) is 15.7. The van der Waals surface area contributed by atoms with Crippen molar-refractivity contribution in [2.45, 2.75) is 17.9 Å². The standard InChI is InChI=1S/C15H12BrN3O4S/c1-10(23-13-4-2-11(7-17)3-5-13)15(20)19-24(21,22)14-6-12(16)8-18-9-14/h2-6,8-10H,1H3,(H,19,20). The number of pyridine rings is 1. The van der Waals surface area contributed by atoms with E-state index in [4.69, 9.17) is 10.00 Å². The minimum absolute atomic E-state index is 0.143. The van der Waals surface area contributed by atoms with E-state index in [1.54, 1.807) is 0 Å². The number of nitriles is 1. The summed E-state index contributed by atoms with van der Waals surface area (Å²) in [6, 6.07) is 9.40. The zero-order valence-corrected chi connectivity index (χ0v) is 14.8. The summed E-state index contributed by atoms with van der Waals surface area (Å²) in [6.45, 7) is 1.42. The Morgan fingerprint density at radius 1 is 1.33 bits per heavy atom.